The monoisotopic (exact) mass is 289 g/mol. The molecule has 0 bridgehead atoms. The van der Waals surface area contributed by atoms with Crippen LogP contribution >= 0.6 is 11.8 Å². The van der Waals surface area contributed by atoms with Crippen molar-refractivity contribution >= 4 is 11.8 Å². The summed E-state index contributed by atoms with van der Waals surface area (Å²) in [5.74, 6) is 1.42. The summed E-state index contributed by atoms with van der Waals surface area (Å²) in [5.41, 5.74) is 1.36. The van der Waals surface area contributed by atoms with Gasteiger partial charge in [0.1, 0.15) is 0 Å². The van der Waals surface area contributed by atoms with Gasteiger partial charge in [-0.25, -0.2) is 0 Å². The predicted octanol–water partition coefficient (Wildman–Crippen LogP) is 2.12. The number of benzene rings is 1. The van der Waals surface area contributed by atoms with Crippen LogP contribution in [0, 0.1) is 0 Å². The number of hydrogen-bond donors (Lipinski definition) is 1. The lowest BCUT2D eigenvalue weighted by molar-refractivity contribution is 0.0734. The summed E-state index contributed by atoms with van der Waals surface area (Å²) in [6.07, 6.45) is 0.955. The Bertz CT molecular complexity index is 585. The molecule has 1 fully saturated rings. The molecule has 0 amide bonds. The summed E-state index contributed by atoms with van der Waals surface area (Å²) in [4.78, 5) is 5.87. The molecular weight excluding hydrogens is 274 g/mol. The Hall–Kier alpha value is -1.37. The van der Waals surface area contributed by atoms with E-state index in [1.54, 1.807) is 11.8 Å². The van der Waals surface area contributed by atoms with Gasteiger partial charge in [0, 0.05) is 11.4 Å². The first-order chi connectivity index (χ1) is 9.90. The lowest BCUT2D eigenvalue weighted by atomic mass is 10.1. The van der Waals surface area contributed by atoms with E-state index in [4.69, 9.17) is 9.26 Å². The van der Waals surface area contributed by atoms with Gasteiger partial charge in [0.25, 0.3) is 0 Å². The molecule has 1 aromatic heterocycles. The summed E-state index contributed by atoms with van der Waals surface area (Å²) in [6.45, 7) is 2.18. The molecular formula is C14H15N3O2S. The fraction of sp³-hybridized carbons (Fsp3) is 0.429. The molecule has 2 aliphatic heterocycles. The van der Waals surface area contributed by atoms with Gasteiger partial charge in [0.05, 0.1) is 24.5 Å². The molecule has 20 heavy (non-hydrogen) atoms. The summed E-state index contributed by atoms with van der Waals surface area (Å²) >= 11 is 1.80. The number of morpholine rings is 1. The third-order valence-electron chi connectivity index (χ3n) is 3.61. The van der Waals surface area contributed by atoms with Gasteiger partial charge < -0.3 is 14.6 Å². The number of nitrogens with one attached hydrogen (secondary N) is 1. The van der Waals surface area contributed by atoms with E-state index in [-0.39, 0.29) is 11.3 Å². The average molecular weight is 289 g/mol. The maximum absolute atomic E-state index is 5.46. The lowest BCUT2D eigenvalue weighted by Gasteiger charge is -2.20. The van der Waals surface area contributed by atoms with Crippen LogP contribution in [0.25, 0.3) is 0 Å². The minimum absolute atomic E-state index is 0.0510. The van der Waals surface area contributed by atoms with Gasteiger partial charge in [-0.3, -0.25) is 0 Å². The molecule has 0 radical (unpaired) electrons. The smallest absolute Gasteiger partial charge is 0.240 e. The van der Waals surface area contributed by atoms with Crippen molar-refractivity contribution in [3.63, 3.8) is 0 Å². The van der Waals surface area contributed by atoms with E-state index < -0.39 is 0 Å². The largest absolute Gasteiger partial charge is 0.378 e. The normalized spacial score (nSPS) is 25.6. The Morgan fingerprint density at radius 2 is 2.25 bits per heavy atom. The molecule has 0 saturated carbocycles. The number of nitrogens with zero attached hydrogens (tertiary/aromatic N) is 2. The van der Waals surface area contributed by atoms with E-state index in [9.17, 15) is 0 Å². The van der Waals surface area contributed by atoms with E-state index in [2.05, 4.69) is 39.7 Å². The van der Waals surface area contributed by atoms with E-state index in [0.717, 1.165) is 19.6 Å². The Kier molecular flexibility index (Phi) is 3.22. The molecule has 104 valence electrons. The van der Waals surface area contributed by atoms with Crippen LogP contribution in [0.1, 0.15) is 28.6 Å². The van der Waals surface area contributed by atoms with Crippen LogP contribution in [0.2, 0.25) is 0 Å². The minimum Gasteiger partial charge on any atom is -0.378 e. The molecule has 2 atom stereocenters. The van der Waals surface area contributed by atoms with Gasteiger partial charge in [0.2, 0.25) is 5.89 Å². The second-order valence-corrected chi connectivity index (χ2v) is 6.24. The third kappa shape index (κ3) is 2.24. The van der Waals surface area contributed by atoms with Crippen LogP contribution in [0.3, 0.4) is 0 Å². The summed E-state index contributed by atoms with van der Waals surface area (Å²) in [6, 6.07) is 8.50. The Morgan fingerprint density at radius 3 is 3.10 bits per heavy atom. The van der Waals surface area contributed by atoms with Crippen LogP contribution in [-0.4, -0.2) is 29.9 Å². The zero-order valence-electron chi connectivity index (χ0n) is 10.9. The molecule has 1 saturated heterocycles. The number of hydrogen-bond acceptors (Lipinski definition) is 6. The van der Waals surface area contributed by atoms with E-state index in [1.807, 2.05) is 0 Å². The molecule has 2 aliphatic rings. The van der Waals surface area contributed by atoms with Crippen molar-refractivity contribution in [1.82, 2.24) is 15.5 Å². The third-order valence-corrected chi connectivity index (χ3v) is 4.92. The number of thioether (sulfide) groups is 1. The molecule has 1 N–H and O–H groups in total. The Morgan fingerprint density at radius 1 is 1.30 bits per heavy atom. The first-order valence-electron chi connectivity index (χ1n) is 6.79. The summed E-state index contributed by atoms with van der Waals surface area (Å²) < 4.78 is 10.9. The highest BCUT2D eigenvalue weighted by Crippen LogP contribution is 2.45. The summed E-state index contributed by atoms with van der Waals surface area (Å²) in [7, 11) is 0. The fourth-order valence-electron chi connectivity index (χ4n) is 2.57. The number of ether oxygens (including phenoxy) is 1. The van der Waals surface area contributed by atoms with E-state index in [1.165, 1.54) is 10.5 Å². The molecule has 0 spiro atoms. The Balaban J connectivity index is 1.52. The van der Waals surface area contributed by atoms with Gasteiger partial charge in [-0.15, -0.1) is 11.8 Å². The van der Waals surface area contributed by atoms with Gasteiger partial charge in [-0.1, -0.05) is 23.4 Å². The van der Waals surface area contributed by atoms with Crippen molar-refractivity contribution < 1.29 is 9.26 Å². The van der Waals surface area contributed by atoms with Crippen LogP contribution in [0.15, 0.2) is 33.7 Å². The summed E-state index contributed by atoms with van der Waals surface area (Å²) in [5, 5.41) is 7.68. The molecule has 2 aromatic rings. The van der Waals surface area contributed by atoms with Crippen molar-refractivity contribution in [3.8, 4) is 0 Å². The SMILES string of the molecule is c1ccc2c(c1)CC(c1nc(C3COCCN3)no1)S2. The first-order valence-corrected chi connectivity index (χ1v) is 7.67. The van der Waals surface area contributed by atoms with Crippen LogP contribution < -0.4 is 5.32 Å². The maximum atomic E-state index is 5.46. The molecule has 0 aliphatic carbocycles. The predicted molar refractivity (Wildman–Crippen MR) is 74.6 cm³/mol. The van der Waals surface area contributed by atoms with Gasteiger partial charge >= 0.3 is 0 Å². The highest BCUT2D eigenvalue weighted by molar-refractivity contribution is 7.99. The van der Waals surface area contributed by atoms with Gasteiger partial charge in [-0.2, -0.15) is 4.98 Å². The first kappa shape index (κ1) is 12.4. The zero-order valence-corrected chi connectivity index (χ0v) is 11.7. The zero-order chi connectivity index (χ0) is 13.4. The molecule has 1 aromatic carbocycles. The van der Waals surface area contributed by atoms with Gasteiger partial charge in [-0.05, 0) is 18.1 Å². The van der Waals surface area contributed by atoms with Crippen molar-refractivity contribution in [2.45, 2.75) is 22.6 Å². The molecule has 3 heterocycles. The second kappa shape index (κ2) is 5.20. The molecule has 2 unspecified atom stereocenters. The number of aromatic nitrogens is 2. The van der Waals surface area contributed by atoms with Gasteiger partial charge in [0.15, 0.2) is 5.82 Å². The Labute approximate surface area is 121 Å². The van der Waals surface area contributed by atoms with Crippen LogP contribution in [-0.2, 0) is 11.2 Å². The molecule has 4 rings (SSSR count). The standard InChI is InChI=1S/C14H15N3O2S/c1-2-4-11-9(3-1)7-12(20-11)14-16-13(17-19-14)10-8-18-6-5-15-10/h1-4,10,12,15H,5-8H2. The number of rotatable bonds is 2. The lowest BCUT2D eigenvalue weighted by Crippen LogP contribution is -2.35. The quantitative estimate of drug-likeness (QED) is 0.914. The van der Waals surface area contributed by atoms with Crippen LogP contribution in [0.5, 0.6) is 0 Å². The van der Waals surface area contributed by atoms with Crippen molar-refractivity contribution in [2.24, 2.45) is 0 Å². The van der Waals surface area contributed by atoms with Crippen molar-refractivity contribution in [2.75, 3.05) is 19.8 Å². The number of fused-ring (bicyclic) bond motifs is 1. The average Bonchev–Trinajstić information content (AvgIpc) is 3.14. The van der Waals surface area contributed by atoms with Crippen molar-refractivity contribution in [1.29, 1.82) is 0 Å². The minimum atomic E-state index is 0.0510. The van der Waals surface area contributed by atoms with E-state index in [0.29, 0.717) is 18.3 Å². The molecule has 5 nitrogen and oxygen atoms in total. The maximum Gasteiger partial charge on any atom is 0.240 e. The topological polar surface area (TPSA) is 60.2 Å². The highest BCUT2D eigenvalue weighted by Gasteiger charge is 2.29. The fourth-order valence-corrected chi connectivity index (χ4v) is 3.80. The highest BCUT2D eigenvalue weighted by atomic mass is 32.2. The molecule has 6 heteroatoms. The van der Waals surface area contributed by atoms with Crippen LogP contribution in [0.4, 0.5) is 0 Å². The van der Waals surface area contributed by atoms with E-state index >= 15 is 0 Å². The van der Waals surface area contributed by atoms with Crippen molar-refractivity contribution in [3.05, 3.63) is 41.5 Å². The second-order valence-electron chi connectivity index (χ2n) is 4.99.